The summed E-state index contributed by atoms with van der Waals surface area (Å²) < 4.78 is 37.2. The van der Waals surface area contributed by atoms with Gasteiger partial charge in [0.1, 0.15) is 0 Å². The van der Waals surface area contributed by atoms with Crippen LogP contribution in [0.3, 0.4) is 0 Å². The predicted molar refractivity (Wildman–Crippen MR) is 87.8 cm³/mol. The molecule has 1 aliphatic rings. The molecule has 1 saturated heterocycles. The number of benzene rings is 1. The van der Waals surface area contributed by atoms with Crippen LogP contribution in [0.5, 0.6) is 11.5 Å². The first-order valence-corrected chi connectivity index (χ1v) is 9.09. The topological polar surface area (TPSA) is 99.5 Å². The molecule has 1 heterocycles. The first kappa shape index (κ1) is 18.9. The van der Waals surface area contributed by atoms with Gasteiger partial charge in [0.2, 0.25) is 10.0 Å². The van der Waals surface area contributed by atoms with Crippen molar-refractivity contribution in [3.63, 3.8) is 0 Å². The summed E-state index contributed by atoms with van der Waals surface area (Å²) in [5.41, 5.74) is 0. The number of piperazine rings is 1. The molecule has 8 nitrogen and oxygen atoms in total. The Morgan fingerprint density at radius 2 is 1.75 bits per heavy atom. The highest BCUT2D eigenvalue weighted by Gasteiger charge is 2.29. The summed E-state index contributed by atoms with van der Waals surface area (Å²) in [6, 6.07) is 4.52. The molecule has 0 spiro atoms. The minimum atomic E-state index is -3.62. The minimum absolute atomic E-state index is 0.156. The number of rotatable bonds is 7. The number of sulfonamides is 1. The van der Waals surface area contributed by atoms with Crippen LogP contribution >= 0.6 is 0 Å². The van der Waals surface area contributed by atoms with Gasteiger partial charge in [-0.1, -0.05) is 0 Å². The molecule has 0 amide bonds. The van der Waals surface area contributed by atoms with Crippen molar-refractivity contribution in [2.45, 2.75) is 11.0 Å². The Morgan fingerprint density at radius 1 is 1.12 bits per heavy atom. The number of hydrogen-bond acceptors (Lipinski definition) is 7. The van der Waals surface area contributed by atoms with Gasteiger partial charge in [0.15, 0.2) is 11.5 Å². The van der Waals surface area contributed by atoms with E-state index in [1.165, 1.54) is 30.7 Å². The highest BCUT2D eigenvalue weighted by Crippen LogP contribution is 2.30. The van der Waals surface area contributed by atoms with E-state index in [1.54, 1.807) is 6.07 Å². The normalized spacial score (nSPS) is 18.3. The fraction of sp³-hybridized carbons (Fsp3) is 0.600. The maximum absolute atomic E-state index is 12.8. The van der Waals surface area contributed by atoms with Gasteiger partial charge in [-0.2, -0.15) is 4.31 Å². The number of ether oxygens (including phenoxy) is 2. The molecule has 24 heavy (non-hydrogen) atoms. The second-order valence-electron chi connectivity index (χ2n) is 5.56. The molecule has 0 bridgehead atoms. The number of methoxy groups -OCH3 is 2. The van der Waals surface area contributed by atoms with Crippen LogP contribution < -0.4 is 9.47 Å². The number of β-amino-alcohol motifs (C(OH)–C–C–N with tert-alkyl or cyclic N) is 1. The molecule has 0 radical (unpaired) electrons. The summed E-state index contributed by atoms with van der Waals surface area (Å²) >= 11 is 0. The lowest BCUT2D eigenvalue weighted by atomic mass is 10.3. The van der Waals surface area contributed by atoms with Gasteiger partial charge in [-0.3, -0.25) is 4.90 Å². The summed E-state index contributed by atoms with van der Waals surface area (Å²) in [5, 5.41) is 18.4. The smallest absolute Gasteiger partial charge is 0.243 e. The van der Waals surface area contributed by atoms with Crippen molar-refractivity contribution in [2.24, 2.45) is 0 Å². The van der Waals surface area contributed by atoms with Crippen molar-refractivity contribution in [1.29, 1.82) is 0 Å². The second-order valence-corrected chi connectivity index (χ2v) is 7.50. The second kappa shape index (κ2) is 8.13. The van der Waals surface area contributed by atoms with Crippen molar-refractivity contribution in [1.82, 2.24) is 9.21 Å². The van der Waals surface area contributed by atoms with Gasteiger partial charge < -0.3 is 19.7 Å². The van der Waals surface area contributed by atoms with E-state index in [-0.39, 0.29) is 11.5 Å². The summed E-state index contributed by atoms with van der Waals surface area (Å²) in [5.74, 6) is 0.836. The van der Waals surface area contributed by atoms with Gasteiger partial charge in [-0.15, -0.1) is 0 Å². The zero-order valence-corrected chi connectivity index (χ0v) is 14.7. The molecule has 136 valence electrons. The fourth-order valence-corrected chi connectivity index (χ4v) is 4.07. The summed E-state index contributed by atoms with van der Waals surface area (Å²) in [7, 11) is -0.668. The molecule has 1 fully saturated rings. The maximum atomic E-state index is 12.8. The Bertz CT molecular complexity index is 643. The molecule has 2 rings (SSSR count). The molecule has 1 atom stereocenters. The standard InChI is InChI=1S/C15H24N2O6S/c1-22-14-4-3-13(9-15(14)23-2)24(20,21)17-7-5-16(6-8-17)10-12(19)11-18/h3-4,9,12,18-19H,5-8,10-11H2,1-2H3/t12-/m0/s1. The fourth-order valence-electron chi connectivity index (χ4n) is 2.63. The third-order valence-corrected chi connectivity index (χ3v) is 5.90. The van der Waals surface area contributed by atoms with Gasteiger partial charge >= 0.3 is 0 Å². The number of hydrogen-bond donors (Lipinski definition) is 2. The van der Waals surface area contributed by atoms with Crippen LogP contribution in [0.4, 0.5) is 0 Å². The van der Waals surface area contributed by atoms with Crippen molar-refractivity contribution in [2.75, 3.05) is 53.6 Å². The zero-order chi connectivity index (χ0) is 17.7. The van der Waals surface area contributed by atoms with E-state index >= 15 is 0 Å². The summed E-state index contributed by atoms with van der Waals surface area (Å²) in [6.45, 7) is 1.70. The lowest BCUT2D eigenvalue weighted by Gasteiger charge is -2.34. The largest absolute Gasteiger partial charge is 0.493 e. The van der Waals surface area contributed by atoms with Crippen LogP contribution in [0.1, 0.15) is 0 Å². The average molecular weight is 360 g/mol. The van der Waals surface area contributed by atoms with Crippen molar-refractivity contribution < 1.29 is 28.1 Å². The first-order valence-electron chi connectivity index (χ1n) is 7.65. The van der Waals surface area contributed by atoms with E-state index in [2.05, 4.69) is 0 Å². The Labute approximate surface area is 142 Å². The van der Waals surface area contributed by atoms with Gasteiger partial charge in [-0.25, -0.2) is 8.42 Å². The molecule has 1 aliphatic heterocycles. The molecular formula is C15H24N2O6S. The molecule has 1 aromatic carbocycles. The van der Waals surface area contributed by atoms with Crippen LogP contribution in [0.15, 0.2) is 23.1 Å². The number of aliphatic hydroxyl groups excluding tert-OH is 2. The highest BCUT2D eigenvalue weighted by atomic mass is 32.2. The van der Waals surface area contributed by atoms with Crippen LogP contribution in [-0.4, -0.2) is 87.5 Å². The molecule has 2 N–H and O–H groups in total. The van der Waals surface area contributed by atoms with E-state index in [0.29, 0.717) is 44.2 Å². The molecule has 0 saturated carbocycles. The van der Waals surface area contributed by atoms with Crippen LogP contribution in [-0.2, 0) is 10.0 Å². The van der Waals surface area contributed by atoms with E-state index in [0.717, 1.165) is 0 Å². The Hall–Kier alpha value is -1.39. The number of nitrogens with zero attached hydrogens (tertiary/aromatic N) is 2. The summed E-state index contributed by atoms with van der Waals surface area (Å²) in [6.07, 6.45) is -0.806. The van der Waals surface area contributed by atoms with E-state index in [1.807, 2.05) is 4.90 Å². The number of aliphatic hydroxyl groups is 2. The SMILES string of the molecule is COc1ccc(S(=O)(=O)N2CCN(C[C@H](O)CO)CC2)cc1OC. The van der Waals surface area contributed by atoms with E-state index in [9.17, 15) is 13.5 Å². The monoisotopic (exact) mass is 360 g/mol. The van der Waals surface area contributed by atoms with Gasteiger partial charge in [0.25, 0.3) is 0 Å². The zero-order valence-electron chi connectivity index (χ0n) is 13.9. The van der Waals surface area contributed by atoms with Gasteiger partial charge in [-0.05, 0) is 12.1 Å². The Kier molecular flexibility index (Phi) is 6.41. The predicted octanol–water partition coefficient (Wildman–Crippen LogP) is -0.637. The van der Waals surface area contributed by atoms with Crippen molar-refractivity contribution >= 4 is 10.0 Å². The maximum Gasteiger partial charge on any atom is 0.243 e. The molecule has 1 aromatic rings. The van der Waals surface area contributed by atoms with Gasteiger partial charge in [0, 0.05) is 38.8 Å². The molecule has 0 aromatic heterocycles. The third kappa shape index (κ3) is 4.17. The quantitative estimate of drug-likeness (QED) is 0.667. The summed E-state index contributed by atoms with van der Waals surface area (Å²) in [4.78, 5) is 2.09. The minimum Gasteiger partial charge on any atom is -0.493 e. The highest BCUT2D eigenvalue weighted by molar-refractivity contribution is 7.89. The van der Waals surface area contributed by atoms with Crippen molar-refractivity contribution in [3.05, 3.63) is 18.2 Å². The lowest BCUT2D eigenvalue weighted by molar-refractivity contribution is 0.0491. The molecule has 9 heteroatoms. The average Bonchev–Trinajstić information content (AvgIpc) is 2.61. The van der Waals surface area contributed by atoms with E-state index in [4.69, 9.17) is 14.6 Å². The van der Waals surface area contributed by atoms with Crippen LogP contribution in [0.25, 0.3) is 0 Å². The Morgan fingerprint density at radius 3 is 2.29 bits per heavy atom. The first-order chi connectivity index (χ1) is 11.4. The lowest BCUT2D eigenvalue weighted by Crippen LogP contribution is -2.50. The molecule has 0 unspecified atom stereocenters. The molecule has 0 aliphatic carbocycles. The Balaban J connectivity index is 2.09. The van der Waals surface area contributed by atoms with Crippen LogP contribution in [0.2, 0.25) is 0 Å². The third-order valence-electron chi connectivity index (χ3n) is 4.00. The molecular weight excluding hydrogens is 336 g/mol. The van der Waals surface area contributed by atoms with Gasteiger partial charge in [0.05, 0.1) is 31.8 Å². The van der Waals surface area contributed by atoms with E-state index < -0.39 is 16.1 Å². The van der Waals surface area contributed by atoms with Crippen molar-refractivity contribution in [3.8, 4) is 11.5 Å². The van der Waals surface area contributed by atoms with Crippen LogP contribution in [0, 0.1) is 0 Å².